The Morgan fingerprint density at radius 1 is 0.625 bits per heavy atom. The first kappa shape index (κ1) is 21.9. The first-order valence-corrected chi connectivity index (χ1v) is 2.61. The Bertz CT molecular complexity index is 308. The van der Waals surface area contributed by atoms with Crippen LogP contribution in [-0.2, 0) is 0 Å². The Labute approximate surface area is 171 Å². The molecule has 0 amide bonds. The van der Waals surface area contributed by atoms with Gasteiger partial charge in [-0.25, -0.2) is 0 Å². The van der Waals surface area contributed by atoms with Gasteiger partial charge in [0.2, 0.25) is 0 Å². The van der Waals surface area contributed by atoms with E-state index in [4.69, 9.17) is 0 Å². The van der Waals surface area contributed by atoms with Crippen LogP contribution in [0.2, 0.25) is 0 Å². The molecule has 0 atom stereocenters. The predicted molar refractivity (Wildman–Crippen MR) is 38.0 cm³/mol. The molecule has 0 spiro atoms. The Hall–Kier alpha value is 0.613. The van der Waals surface area contributed by atoms with E-state index in [0.717, 1.165) is 0 Å². The summed E-state index contributed by atoms with van der Waals surface area (Å²) in [5.74, 6) is -4.56. The van der Waals surface area contributed by atoms with Crippen molar-refractivity contribution in [3.63, 3.8) is 0 Å². The fraction of sp³-hybridized carbons (Fsp3) is 0. The molecule has 0 saturated heterocycles. The fourth-order valence-electron chi connectivity index (χ4n) is 0.460. The van der Waals surface area contributed by atoms with Crippen LogP contribution in [0, 0.1) is 41.1 Å². The van der Waals surface area contributed by atoms with Crippen molar-refractivity contribution in [3.8, 4) is 0 Å². The Morgan fingerprint density at radius 2 is 0.812 bits per heavy atom. The molecule has 12 nitrogen and oxygen atoms in total. The van der Waals surface area contributed by atoms with Gasteiger partial charge in [-0.1, -0.05) is 9.80 Å². The van der Waals surface area contributed by atoms with Gasteiger partial charge < -0.3 is 20.8 Å². The summed E-state index contributed by atoms with van der Waals surface area (Å²) in [6.07, 6.45) is 0. The molecule has 0 rings (SSSR count). The van der Waals surface area contributed by atoms with Gasteiger partial charge in [-0.15, -0.1) is 0 Å². The molecule has 0 aliphatic heterocycles. The van der Waals surface area contributed by atoms with Gasteiger partial charge in [0.05, 0.1) is 0 Å². The van der Waals surface area contributed by atoms with Crippen LogP contribution < -0.4 is 103 Å². The number of hydrogen-bond acceptors (Lipinski definition) is 8. The van der Waals surface area contributed by atoms with E-state index in [2.05, 4.69) is 0 Å². The molecular weight excluding hydrogens is 286 g/mol. The van der Waals surface area contributed by atoms with E-state index in [9.17, 15) is 41.1 Å². The summed E-state index contributed by atoms with van der Waals surface area (Å²) in [5, 5.41) is 59.3. The zero-order valence-electron chi connectivity index (χ0n) is 8.05. The summed E-state index contributed by atoms with van der Waals surface area (Å²) in [6, 6.07) is 0. The summed E-state index contributed by atoms with van der Waals surface area (Å²) in [4.78, 5) is 12.6. The molecule has 14 heteroatoms. The molecule has 0 aliphatic carbocycles. The number of nitro groups is 2. The third-order valence-electron chi connectivity index (χ3n) is 0.892. The molecule has 0 heterocycles. The summed E-state index contributed by atoms with van der Waals surface area (Å²) in [5.41, 5.74) is 0. The van der Waals surface area contributed by atoms with E-state index < -0.39 is 31.3 Å². The zero-order valence-corrected chi connectivity index (χ0v) is 14.3. The maximum Gasteiger partial charge on any atom is 1.00 e. The van der Waals surface area contributed by atoms with E-state index in [1.165, 1.54) is 0 Å². The molecule has 0 aromatic carbocycles. The number of rotatable bonds is 0. The fourth-order valence-corrected chi connectivity index (χ4v) is 0.460. The van der Waals surface area contributed by atoms with Gasteiger partial charge >= 0.3 is 114 Å². The van der Waals surface area contributed by atoms with Crippen LogP contribution in [0.3, 0.4) is 0 Å². The van der Waals surface area contributed by atoms with Gasteiger partial charge in [0.25, 0.3) is 0 Å². The van der Waals surface area contributed by atoms with E-state index in [1.54, 1.807) is 0 Å². The van der Waals surface area contributed by atoms with Crippen LogP contribution in [0.15, 0.2) is 0 Å². The van der Waals surface area contributed by atoms with Crippen LogP contribution in [0.25, 0.3) is 0 Å². The largest absolute Gasteiger partial charge is 1.00 e. The van der Waals surface area contributed by atoms with Crippen molar-refractivity contribution in [2.24, 2.45) is 0 Å². The summed E-state index contributed by atoms with van der Waals surface area (Å²) < 4.78 is 0. The quantitative estimate of drug-likeness (QED) is 0.105. The van der Waals surface area contributed by atoms with Gasteiger partial charge in [-0.2, -0.15) is 0 Å². The summed E-state index contributed by atoms with van der Waals surface area (Å²) in [6.45, 7) is 0. The second kappa shape index (κ2) is 9.62. The normalized spacial score (nSPS) is 7.75. The molecule has 0 N–H and O–H groups in total. The molecule has 0 saturated carbocycles. The molecule has 0 bridgehead atoms. The van der Waals surface area contributed by atoms with Crippen molar-refractivity contribution in [1.82, 2.24) is 0 Å². The number of nitrogens with zero attached hydrogens (tertiary/aromatic N) is 4. The SMILES string of the molecule is O=[N+]([O-])C(C([N+](=O)[O-])=[N+]([O-])[O-])=[N+]([O-])[O-].[K+].[K+]. The van der Waals surface area contributed by atoms with E-state index in [1.807, 2.05) is 0 Å². The minimum absolute atomic E-state index is 0. The predicted octanol–water partition coefficient (Wildman–Crippen LogP) is -7.64. The third-order valence-corrected chi connectivity index (χ3v) is 0.892. The van der Waals surface area contributed by atoms with Gasteiger partial charge in [0.15, 0.2) is 0 Å². The second-order valence-electron chi connectivity index (χ2n) is 1.68. The van der Waals surface area contributed by atoms with Crippen molar-refractivity contribution in [3.05, 3.63) is 41.1 Å². The molecule has 0 aromatic rings. The maximum atomic E-state index is 9.89. The second-order valence-corrected chi connectivity index (χ2v) is 1.68. The Kier molecular flexibility index (Phi) is 13.1. The monoisotopic (exact) mass is 286 g/mol. The van der Waals surface area contributed by atoms with E-state index in [-0.39, 0.29) is 103 Å². The molecule has 0 radical (unpaired) electrons. The van der Waals surface area contributed by atoms with Crippen molar-refractivity contribution >= 4 is 11.7 Å². The molecule has 0 aliphatic rings. The first-order chi connectivity index (χ1) is 6.29. The van der Waals surface area contributed by atoms with Gasteiger partial charge in [0.1, 0.15) is 9.85 Å². The van der Waals surface area contributed by atoms with Crippen molar-refractivity contribution in [2.45, 2.75) is 0 Å². The minimum Gasteiger partial charge on any atom is -0.607 e. The minimum atomic E-state index is -2.28. The molecular formula is C2K2N4O8. The van der Waals surface area contributed by atoms with Crippen LogP contribution in [0.5, 0.6) is 0 Å². The molecule has 0 unspecified atom stereocenters. The smallest absolute Gasteiger partial charge is 0.607 e. The average molecular weight is 286 g/mol. The topological polar surface area (TPSA) is 185 Å². The van der Waals surface area contributed by atoms with Gasteiger partial charge in [0, 0.05) is 0 Å². The third kappa shape index (κ3) is 6.37. The number of amidine groups is 2. The summed E-state index contributed by atoms with van der Waals surface area (Å²) in [7, 11) is 0. The van der Waals surface area contributed by atoms with Gasteiger partial charge in [-0.05, 0) is 0 Å². The molecule has 16 heavy (non-hydrogen) atoms. The van der Waals surface area contributed by atoms with Crippen molar-refractivity contribution < 1.29 is 122 Å². The van der Waals surface area contributed by atoms with Crippen molar-refractivity contribution in [2.75, 3.05) is 0 Å². The zero-order chi connectivity index (χ0) is 11.5. The standard InChI is InChI=1S/C2N4O8.2K/c7-3(8)1(4(9)10)2(5(11)12)6(13)14;;/q-2;2*+1. The maximum absolute atomic E-state index is 9.89. The molecule has 0 fully saturated rings. The van der Waals surface area contributed by atoms with Crippen LogP contribution in [-0.4, -0.2) is 31.3 Å². The molecule has 78 valence electrons. The first-order valence-electron chi connectivity index (χ1n) is 2.61. The van der Waals surface area contributed by atoms with Crippen molar-refractivity contribution in [1.29, 1.82) is 0 Å². The Morgan fingerprint density at radius 3 is 0.875 bits per heavy atom. The van der Waals surface area contributed by atoms with E-state index in [0.29, 0.717) is 0 Å². The van der Waals surface area contributed by atoms with Crippen LogP contribution in [0.4, 0.5) is 0 Å². The van der Waals surface area contributed by atoms with Crippen LogP contribution >= 0.6 is 0 Å². The van der Waals surface area contributed by atoms with Gasteiger partial charge in [-0.3, -0.25) is 20.2 Å². The summed E-state index contributed by atoms with van der Waals surface area (Å²) >= 11 is 0. The van der Waals surface area contributed by atoms with Crippen LogP contribution in [0.1, 0.15) is 0 Å². The van der Waals surface area contributed by atoms with E-state index >= 15 is 0 Å². The average Bonchev–Trinajstić information content (AvgIpc) is 1.96. The molecule has 0 aromatic heterocycles. The Balaban J connectivity index is -0.000000845. The number of hydrogen-bond donors (Lipinski definition) is 0.